The number of rotatable bonds is 11. The number of fused-ring (bicyclic) bond motifs is 1. The van der Waals surface area contributed by atoms with Crippen molar-refractivity contribution in [3.63, 3.8) is 0 Å². The lowest BCUT2D eigenvalue weighted by Gasteiger charge is -2.16. The summed E-state index contributed by atoms with van der Waals surface area (Å²) < 4.78 is 70.1. The lowest BCUT2D eigenvalue weighted by Crippen LogP contribution is -2.04. The Morgan fingerprint density at radius 2 is 1.12 bits per heavy atom. The molecule has 0 amide bonds. The number of hydrogen-bond acceptors (Lipinski definition) is 17. The Morgan fingerprint density at radius 1 is 0.608 bits per heavy atom. The number of phenolic OH excluding ortho intramolecular Hbond substituents is 1. The highest BCUT2D eigenvalue weighted by Gasteiger charge is 2.32. The quantitative estimate of drug-likeness (QED) is 0.0367. The number of nitrogens with zero attached hydrogens (tertiary/aromatic N) is 7. The normalized spacial score (nSPS) is 12.3. The molecule has 0 aromatic heterocycles. The smallest absolute Gasteiger partial charge is 0.296 e. The predicted molar refractivity (Wildman–Crippen MR) is 190 cm³/mol. The second kappa shape index (κ2) is 15.6. The molecule has 0 atom stereocenters. The average Bonchev–Trinajstić information content (AvgIpc) is 3.09. The van der Waals surface area contributed by atoms with Crippen molar-refractivity contribution in [3.05, 3.63) is 112 Å². The van der Waals surface area contributed by atoms with Crippen LogP contribution in [0.15, 0.2) is 146 Å². The molecule has 51 heavy (non-hydrogen) atoms. The van der Waals surface area contributed by atoms with Crippen LogP contribution in [0.5, 0.6) is 5.75 Å². The zero-order chi connectivity index (χ0) is 37.4. The van der Waals surface area contributed by atoms with Crippen molar-refractivity contribution in [1.82, 2.24) is 0 Å². The van der Waals surface area contributed by atoms with Crippen LogP contribution >= 0.6 is 10.6 Å². The van der Waals surface area contributed by atoms with E-state index in [2.05, 4.69) is 39.5 Å². The first kappa shape index (κ1) is 37.7. The number of hydrogen-bond donors (Lipinski definition) is 5. The zero-order valence-corrected chi connectivity index (χ0v) is 28.3. The van der Waals surface area contributed by atoms with Crippen molar-refractivity contribution < 1.29 is 31.0 Å². The highest BCUT2D eigenvalue weighted by molar-refractivity contribution is 8.30. The Kier molecular flexibility index (Phi) is 11.6. The van der Waals surface area contributed by atoms with E-state index in [0.717, 1.165) is 12.1 Å². The van der Waals surface area contributed by atoms with E-state index in [-0.39, 0.29) is 26.9 Å². The topological polar surface area (TPSA) is 305 Å². The number of nitrogen functional groups attached to an aromatic ring is 1. The van der Waals surface area contributed by atoms with Crippen LogP contribution in [0.3, 0.4) is 0 Å². The lowest BCUT2D eigenvalue weighted by molar-refractivity contribution is 0.480. The van der Waals surface area contributed by atoms with Crippen molar-refractivity contribution in [3.8, 4) is 5.75 Å². The number of aromatic hydroxyl groups is 1. The van der Waals surface area contributed by atoms with Crippen LogP contribution < -0.4 is 11.1 Å². The van der Waals surface area contributed by atoms with Gasteiger partial charge in [0.1, 0.15) is 10.6 Å². The Bertz CT molecular complexity index is 2370. The van der Waals surface area contributed by atoms with E-state index >= 15 is 0 Å². The molecule has 0 heterocycles. The van der Waals surface area contributed by atoms with Gasteiger partial charge in [0, 0.05) is 37.6 Å². The molecule has 5 rings (SSSR count). The van der Waals surface area contributed by atoms with Crippen LogP contribution in [-0.2, 0) is 20.2 Å². The molecule has 0 aliphatic heterocycles. The summed E-state index contributed by atoms with van der Waals surface area (Å²) in [5.74, 6) is -0.331. The van der Waals surface area contributed by atoms with Crippen LogP contribution in [-0.4, -0.2) is 38.1 Å². The van der Waals surface area contributed by atoms with E-state index < -0.39 is 35.7 Å². The Morgan fingerprint density at radius 3 is 1.63 bits per heavy atom. The second-order valence-electron chi connectivity index (χ2n) is 9.96. The fourth-order valence-corrected chi connectivity index (χ4v) is 6.25. The maximum atomic E-state index is 11.4. The molecule has 0 saturated heterocycles. The number of nitroso groups, excluding NO2 is 3. The van der Waals surface area contributed by atoms with Crippen molar-refractivity contribution in [2.75, 3.05) is 18.1 Å². The number of nitrogens with two attached hydrogens (primary N) is 1. The first-order valence-electron chi connectivity index (χ1n) is 13.8. The van der Waals surface area contributed by atoms with E-state index in [4.69, 9.17) is 10.3 Å². The number of nitrogens with one attached hydrogen (secondary N) is 1. The molecule has 22 heteroatoms. The van der Waals surface area contributed by atoms with Gasteiger partial charge in [0.15, 0.2) is 10.6 Å². The fourth-order valence-electron chi connectivity index (χ4n) is 4.23. The van der Waals surface area contributed by atoms with Gasteiger partial charge >= 0.3 is 0 Å². The number of azo groups is 2. The molecule has 0 aliphatic carbocycles. The van der Waals surface area contributed by atoms with Gasteiger partial charge in [-0.25, -0.2) is 0 Å². The van der Waals surface area contributed by atoms with Gasteiger partial charge in [0.25, 0.3) is 20.2 Å². The van der Waals surface area contributed by atoms with Crippen molar-refractivity contribution >= 4 is 75.7 Å². The van der Waals surface area contributed by atoms with Crippen LogP contribution in [0.1, 0.15) is 0 Å². The van der Waals surface area contributed by atoms with E-state index in [1.165, 1.54) is 54.6 Å². The van der Waals surface area contributed by atoms with Crippen LogP contribution in [0.4, 0.5) is 34.1 Å². The zero-order valence-electron chi connectivity index (χ0n) is 25.9. The summed E-state index contributed by atoms with van der Waals surface area (Å²) in [6.07, 6.45) is 0. The minimum atomic E-state index is -4.53. The standard InChI is InChI=1S/C16H13N5O7S2.C13H12N4O3S/c17-14-4-2-11(7-16(14)30(26,27)28)18-10-1-3-13-9(5-10)6-12(8-15(13)22)29(19-23,20-24)21-25;1-14-15-10-2-4-11(5-3-10)16-17-12-6-8-13(9-7-12)21(18,19)20/h1-8,18,22H,17H2,(H,26,27,28);2-9H,1H3,(H,18,19,20). The molecule has 0 fully saturated rings. The van der Waals surface area contributed by atoms with Gasteiger partial charge < -0.3 is 16.2 Å². The number of anilines is 3. The molecule has 0 unspecified atom stereocenters. The van der Waals surface area contributed by atoms with Gasteiger partial charge in [-0.2, -0.15) is 37.3 Å². The van der Waals surface area contributed by atoms with E-state index in [1.54, 1.807) is 37.4 Å². The second-order valence-corrected chi connectivity index (χ2v) is 14.7. The van der Waals surface area contributed by atoms with Gasteiger partial charge in [-0.3, -0.25) is 9.11 Å². The molecule has 0 bridgehead atoms. The molecule has 0 radical (unpaired) electrons. The van der Waals surface area contributed by atoms with Gasteiger partial charge in [-0.15, -0.1) is 14.7 Å². The Hall–Kier alpha value is -6.07. The first-order valence-corrected chi connectivity index (χ1v) is 18.2. The minimum absolute atomic E-state index is 0.139. The number of phenols is 1. The lowest BCUT2D eigenvalue weighted by atomic mass is 10.1. The molecular formula is C29H25N9O10S3. The van der Waals surface area contributed by atoms with Gasteiger partial charge in [-0.05, 0) is 102 Å². The highest BCUT2D eigenvalue weighted by Crippen LogP contribution is 2.60. The monoisotopic (exact) mass is 755 g/mol. The van der Waals surface area contributed by atoms with E-state index in [1.807, 2.05) is 0 Å². The SMILES string of the molecule is CN=Nc1ccc(N=Nc2ccc(S(=O)(=O)O)cc2)cc1.Nc1ccc(Nc2ccc3c(O)cc(S(N=O)(N=O)N=O)cc3c2)cc1S(=O)(=O)O. The predicted octanol–water partition coefficient (Wildman–Crippen LogP) is 8.39. The van der Waals surface area contributed by atoms with Crippen LogP contribution in [0, 0.1) is 14.7 Å². The highest BCUT2D eigenvalue weighted by atomic mass is 32.3. The third kappa shape index (κ3) is 9.34. The molecule has 5 aromatic rings. The molecule has 19 nitrogen and oxygen atoms in total. The third-order valence-corrected chi connectivity index (χ3v) is 9.86. The number of benzene rings is 5. The van der Waals surface area contributed by atoms with E-state index in [9.17, 15) is 41.2 Å². The average molecular weight is 756 g/mol. The molecular weight excluding hydrogens is 731 g/mol. The molecule has 0 aliphatic rings. The fraction of sp³-hybridized carbons (Fsp3) is 0.0345. The van der Waals surface area contributed by atoms with Crippen LogP contribution in [0.25, 0.3) is 10.8 Å². The van der Waals surface area contributed by atoms with Crippen molar-refractivity contribution in [2.24, 2.45) is 34.2 Å². The summed E-state index contributed by atoms with van der Waals surface area (Å²) in [5, 5.41) is 29.2. The maximum absolute atomic E-state index is 11.4. The van der Waals surface area contributed by atoms with Gasteiger partial charge in [0.05, 0.1) is 32.5 Å². The van der Waals surface area contributed by atoms with Crippen LogP contribution in [0.2, 0.25) is 0 Å². The molecule has 6 N–H and O–H groups in total. The summed E-state index contributed by atoms with van der Waals surface area (Å²) in [5.41, 5.74) is 7.92. The summed E-state index contributed by atoms with van der Waals surface area (Å²) in [4.78, 5) is 32.1. The Labute approximate surface area is 290 Å². The molecule has 0 spiro atoms. The minimum Gasteiger partial charge on any atom is -0.507 e. The molecule has 264 valence electrons. The molecule has 5 aromatic carbocycles. The summed E-state index contributed by atoms with van der Waals surface area (Å²) in [6, 6.07) is 23.1. The van der Waals surface area contributed by atoms with Crippen molar-refractivity contribution in [1.29, 1.82) is 0 Å². The first-order chi connectivity index (χ1) is 24.1. The third-order valence-electron chi connectivity index (χ3n) is 6.59. The largest absolute Gasteiger partial charge is 0.507 e. The summed E-state index contributed by atoms with van der Waals surface area (Å²) in [6.45, 7) is 0. The van der Waals surface area contributed by atoms with E-state index in [0.29, 0.717) is 33.5 Å². The Balaban J connectivity index is 0.000000244. The van der Waals surface area contributed by atoms with Crippen molar-refractivity contribution in [2.45, 2.75) is 14.7 Å². The summed E-state index contributed by atoms with van der Waals surface area (Å²) in [7, 11) is -10.9. The summed E-state index contributed by atoms with van der Waals surface area (Å²) >= 11 is 0. The van der Waals surface area contributed by atoms with Gasteiger partial charge in [0.2, 0.25) is 0 Å². The van der Waals surface area contributed by atoms with Gasteiger partial charge in [-0.1, -0.05) is 0 Å². The molecule has 0 saturated carbocycles. The maximum Gasteiger partial charge on any atom is 0.296 e.